The van der Waals surface area contributed by atoms with Crippen LogP contribution in [-0.2, 0) is 24.0 Å². The first kappa shape index (κ1) is 24.6. The molecule has 7 heteroatoms. The number of hydrogen-bond acceptors (Lipinski definition) is 6. The predicted molar refractivity (Wildman–Crippen MR) is 132 cm³/mol. The number of benzene rings is 1. The summed E-state index contributed by atoms with van der Waals surface area (Å²) in [5.41, 5.74) is 0.317. The van der Waals surface area contributed by atoms with Crippen molar-refractivity contribution in [2.24, 2.45) is 23.7 Å². The van der Waals surface area contributed by atoms with Gasteiger partial charge in [-0.15, -0.1) is 11.8 Å². The lowest BCUT2D eigenvalue weighted by Gasteiger charge is -2.60. The fourth-order valence-electron chi connectivity index (χ4n) is 6.69. The SMILES string of the molecule is CCCSc1cccc(NC(=O)CC[C@H]2O[C@@H]3O[C@]4(C)CC[C@H]5[C@H](C)CC[C@@H]([C@H]2C)[C@@]35OO4)c1. The fourth-order valence-corrected chi connectivity index (χ4v) is 7.51. The molecule has 2 bridgehead atoms. The molecule has 4 saturated heterocycles. The van der Waals surface area contributed by atoms with Crippen LogP contribution in [0, 0.1) is 23.7 Å². The van der Waals surface area contributed by atoms with Gasteiger partial charge in [0.05, 0.1) is 6.10 Å². The molecule has 6 rings (SSSR count). The fraction of sp³-hybridized carbons (Fsp3) is 0.741. The van der Waals surface area contributed by atoms with Gasteiger partial charge in [0, 0.05) is 29.3 Å². The van der Waals surface area contributed by atoms with Gasteiger partial charge in [-0.05, 0) is 80.7 Å². The summed E-state index contributed by atoms with van der Waals surface area (Å²) in [4.78, 5) is 26.1. The lowest BCUT2D eigenvalue weighted by atomic mass is 9.57. The van der Waals surface area contributed by atoms with Crippen molar-refractivity contribution in [2.45, 2.75) is 101 Å². The molecule has 0 radical (unpaired) electrons. The van der Waals surface area contributed by atoms with Crippen LogP contribution in [0.2, 0.25) is 0 Å². The Morgan fingerprint density at radius 1 is 1.18 bits per heavy atom. The minimum Gasteiger partial charge on any atom is -0.346 e. The Morgan fingerprint density at radius 3 is 2.85 bits per heavy atom. The summed E-state index contributed by atoms with van der Waals surface area (Å²) in [7, 11) is 0. The topological polar surface area (TPSA) is 66.0 Å². The van der Waals surface area contributed by atoms with Crippen LogP contribution in [0.4, 0.5) is 5.69 Å². The maximum absolute atomic E-state index is 12.8. The number of ether oxygens (including phenoxy) is 2. The molecule has 4 heterocycles. The Hall–Kier alpha value is -1.12. The van der Waals surface area contributed by atoms with E-state index in [4.69, 9.17) is 19.2 Å². The monoisotopic (exact) mass is 489 g/mol. The average Bonchev–Trinajstić information content (AvgIpc) is 3.05. The number of rotatable bonds is 7. The van der Waals surface area contributed by atoms with E-state index in [0.29, 0.717) is 30.6 Å². The van der Waals surface area contributed by atoms with Crippen LogP contribution >= 0.6 is 11.8 Å². The lowest BCUT2D eigenvalue weighted by Crippen LogP contribution is -2.70. The highest BCUT2D eigenvalue weighted by atomic mass is 32.2. The second-order valence-corrected chi connectivity index (χ2v) is 12.1. The van der Waals surface area contributed by atoms with Crippen LogP contribution < -0.4 is 5.32 Å². The Kier molecular flexibility index (Phi) is 7.04. The van der Waals surface area contributed by atoms with Gasteiger partial charge in [-0.2, -0.15) is 0 Å². The van der Waals surface area contributed by atoms with E-state index in [2.05, 4.69) is 38.2 Å². The highest BCUT2D eigenvalue weighted by Gasteiger charge is 2.69. The first-order valence-corrected chi connectivity index (χ1v) is 14.1. The molecule has 188 valence electrons. The van der Waals surface area contributed by atoms with Crippen molar-refractivity contribution in [1.29, 1.82) is 0 Å². The van der Waals surface area contributed by atoms with Gasteiger partial charge in [0.2, 0.25) is 11.7 Å². The summed E-state index contributed by atoms with van der Waals surface area (Å²) in [5.74, 6) is 1.83. The van der Waals surface area contributed by atoms with Gasteiger partial charge in [0.1, 0.15) is 0 Å². The first-order valence-electron chi connectivity index (χ1n) is 13.1. The van der Waals surface area contributed by atoms with Crippen LogP contribution in [0.5, 0.6) is 0 Å². The van der Waals surface area contributed by atoms with E-state index < -0.39 is 17.7 Å². The molecule has 1 aromatic carbocycles. The summed E-state index contributed by atoms with van der Waals surface area (Å²) in [6, 6.07) is 8.10. The molecular formula is C27H39NO5S. The van der Waals surface area contributed by atoms with Gasteiger partial charge in [0.15, 0.2) is 11.9 Å². The molecule has 1 amide bonds. The quantitative estimate of drug-likeness (QED) is 0.366. The van der Waals surface area contributed by atoms with Crippen molar-refractivity contribution in [3.05, 3.63) is 24.3 Å². The van der Waals surface area contributed by atoms with Gasteiger partial charge >= 0.3 is 0 Å². The van der Waals surface area contributed by atoms with Crippen LogP contribution in [0.1, 0.15) is 72.6 Å². The highest BCUT2D eigenvalue weighted by molar-refractivity contribution is 7.99. The van der Waals surface area contributed by atoms with Crippen molar-refractivity contribution in [1.82, 2.24) is 0 Å². The zero-order chi connectivity index (χ0) is 23.9. The zero-order valence-electron chi connectivity index (χ0n) is 20.9. The third-order valence-electron chi connectivity index (χ3n) is 8.54. The second-order valence-electron chi connectivity index (χ2n) is 10.9. The van der Waals surface area contributed by atoms with Crippen molar-refractivity contribution in [3.8, 4) is 0 Å². The van der Waals surface area contributed by atoms with E-state index in [1.807, 2.05) is 30.8 Å². The number of anilines is 1. The van der Waals surface area contributed by atoms with E-state index in [1.165, 1.54) is 11.3 Å². The van der Waals surface area contributed by atoms with E-state index in [9.17, 15) is 4.79 Å². The number of carbonyl (C=O) groups is 1. The summed E-state index contributed by atoms with van der Waals surface area (Å²) in [5, 5.41) is 3.08. The molecule has 34 heavy (non-hydrogen) atoms. The second kappa shape index (κ2) is 9.74. The largest absolute Gasteiger partial charge is 0.346 e. The summed E-state index contributed by atoms with van der Waals surface area (Å²) in [6.45, 7) is 8.71. The lowest BCUT2D eigenvalue weighted by molar-refractivity contribution is -0.571. The normalized spacial score (nSPS) is 40.9. The smallest absolute Gasteiger partial charge is 0.224 e. The van der Waals surface area contributed by atoms with Crippen LogP contribution in [0.3, 0.4) is 0 Å². The summed E-state index contributed by atoms with van der Waals surface area (Å²) in [6.07, 6.45) is 5.84. The predicted octanol–water partition coefficient (Wildman–Crippen LogP) is 6.16. The van der Waals surface area contributed by atoms with Crippen LogP contribution in [0.25, 0.3) is 0 Å². The van der Waals surface area contributed by atoms with Crippen molar-refractivity contribution >= 4 is 23.4 Å². The molecule has 5 fully saturated rings. The van der Waals surface area contributed by atoms with Crippen LogP contribution in [0.15, 0.2) is 29.2 Å². The molecule has 0 aromatic heterocycles. The molecule has 4 aliphatic heterocycles. The molecular weight excluding hydrogens is 450 g/mol. The number of amides is 1. The van der Waals surface area contributed by atoms with Crippen LogP contribution in [-0.4, -0.2) is 35.4 Å². The molecule has 0 unspecified atom stereocenters. The molecule has 6 nitrogen and oxygen atoms in total. The minimum atomic E-state index is -0.763. The summed E-state index contributed by atoms with van der Waals surface area (Å²) < 4.78 is 13.0. The van der Waals surface area contributed by atoms with Gasteiger partial charge in [0.25, 0.3) is 0 Å². The van der Waals surface area contributed by atoms with E-state index in [0.717, 1.165) is 37.1 Å². The van der Waals surface area contributed by atoms with E-state index >= 15 is 0 Å². The third kappa shape index (κ3) is 4.43. The molecule has 1 spiro atoms. The maximum atomic E-state index is 12.8. The molecule has 5 aliphatic rings. The molecule has 1 saturated carbocycles. The third-order valence-corrected chi connectivity index (χ3v) is 9.74. The zero-order valence-corrected chi connectivity index (χ0v) is 21.7. The molecule has 8 atom stereocenters. The van der Waals surface area contributed by atoms with Crippen molar-refractivity contribution in [3.63, 3.8) is 0 Å². The maximum Gasteiger partial charge on any atom is 0.224 e. The van der Waals surface area contributed by atoms with Gasteiger partial charge in [-0.3, -0.25) is 4.79 Å². The summed E-state index contributed by atoms with van der Waals surface area (Å²) >= 11 is 1.82. The Balaban J connectivity index is 1.25. The number of hydrogen-bond donors (Lipinski definition) is 1. The number of nitrogens with one attached hydrogen (secondary N) is 1. The Morgan fingerprint density at radius 2 is 2.03 bits per heavy atom. The molecule has 1 aliphatic carbocycles. The minimum absolute atomic E-state index is 0.0266. The molecule has 1 N–H and O–H groups in total. The van der Waals surface area contributed by atoms with Crippen molar-refractivity contribution in [2.75, 3.05) is 11.1 Å². The average molecular weight is 490 g/mol. The van der Waals surface area contributed by atoms with Gasteiger partial charge in [-0.1, -0.05) is 26.8 Å². The Labute approximate surface area is 207 Å². The van der Waals surface area contributed by atoms with E-state index in [1.54, 1.807) is 0 Å². The number of carbonyl (C=O) groups excluding carboxylic acids is 1. The first-order chi connectivity index (χ1) is 16.3. The Bertz CT molecular complexity index is 898. The number of fused-ring (bicyclic) bond motifs is 2. The highest BCUT2D eigenvalue weighted by Crippen LogP contribution is 2.60. The van der Waals surface area contributed by atoms with Gasteiger partial charge in [-0.25, -0.2) is 9.78 Å². The molecule has 1 aromatic rings. The van der Waals surface area contributed by atoms with E-state index in [-0.39, 0.29) is 17.9 Å². The van der Waals surface area contributed by atoms with Crippen molar-refractivity contribution < 1.29 is 24.0 Å². The standard InChI is InChI=1S/C27H39NO5S/c1-5-15-34-20-8-6-7-19(16-20)28-24(29)12-11-23-18(3)22-10-9-17(2)21-13-14-26(4)31-25(30-23)27(21,22)33-32-26/h6-8,16-18,21-23,25H,5,9-15H2,1-4H3,(H,28,29)/t17-,18-,21+,22+,23-,25-,26+,27-/m1/s1. The van der Waals surface area contributed by atoms with Gasteiger partial charge < -0.3 is 14.8 Å². The number of thioether (sulfide) groups is 1.